The number of fused-ring (bicyclic) bond motifs is 1. The van der Waals surface area contributed by atoms with E-state index < -0.39 is 10.0 Å². The fourth-order valence-electron chi connectivity index (χ4n) is 3.94. The van der Waals surface area contributed by atoms with Gasteiger partial charge in [-0.1, -0.05) is 12.1 Å². The molecule has 0 unspecified atom stereocenters. The van der Waals surface area contributed by atoms with Gasteiger partial charge in [-0.3, -0.25) is 9.69 Å². The molecule has 0 aromatic heterocycles. The molecule has 0 saturated carbocycles. The average molecular weight is 476 g/mol. The van der Waals surface area contributed by atoms with E-state index in [1.165, 1.54) is 10.4 Å². The summed E-state index contributed by atoms with van der Waals surface area (Å²) in [6.07, 6.45) is 0. The van der Waals surface area contributed by atoms with Crippen molar-refractivity contribution in [2.75, 3.05) is 53.2 Å². The zero-order valence-electron chi connectivity index (χ0n) is 18.9. The van der Waals surface area contributed by atoms with Gasteiger partial charge in [-0.25, -0.2) is 8.42 Å². The molecule has 2 aromatic rings. The van der Waals surface area contributed by atoms with Crippen LogP contribution in [0.4, 0.5) is 0 Å². The summed E-state index contributed by atoms with van der Waals surface area (Å²) in [6, 6.07) is 10.6. The summed E-state index contributed by atoms with van der Waals surface area (Å²) < 4.78 is 43.7. The Morgan fingerprint density at radius 2 is 1.82 bits per heavy atom. The monoisotopic (exact) mass is 475 g/mol. The highest BCUT2D eigenvalue weighted by atomic mass is 32.2. The molecule has 2 aliphatic rings. The van der Waals surface area contributed by atoms with E-state index in [4.69, 9.17) is 14.2 Å². The molecule has 0 atom stereocenters. The van der Waals surface area contributed by atoms with Crippen LogP contribution in [0.5, 0.6) is 11.5 Å². The number of piperazine rings is 1. The number of amides is 1. The summed E-state index contributed by atoms with van der Waals surface area (Å²) in [5.41, 5.74) is 2.17. The van der Waals surface area contributed by atoms with Gasteiger partial charge < -0.3 is 19.5 Å². The van der Waals surface area contributed by atoms with Crippen molar-refractivity contribution in [2.24, 2.45) is 0 Å². The van der Waals surface area contributed by atoms with Gasteiger partial charge in [-0.15, -0.1) is 0 Å². The van der Waals surface area contributed by atoms with E-state index in [9.17, 15) is 13.2 Å². The molecule has 9 nitrogen and oxygen atoms in total. The van der Waals surface area contributed by atoms with E-state index in [0.717, 1.165) is 22.6 Å². The Balaban J connectivity index is 1.39. The number of aryl methyl sites for hydroxylation is 1. The topological polar surface area (TPSA) is 97.4 Å². The lowest BCUT2D eigenvalue weighted by Crippen LogP contribution is -2.48. The Bertz CT molecular complexity index is 1110. The minimum Gasteiger partial charge on any atom is -0.454 e. The SMILES string of the molecule is COCCNC(=O)c1cc(S(=O)(=O)N2CCN(Cc3ccc4c(c3)OCO4)CC2)ccc1C. The lowest BCUT2D eigenvalue weighted by Gasteiger charge is -2.34. The highest BCUT2D eigenvalue weighted by molar-refractivity contribution is 7.89. The number of rotatable bonds is 8. The van der Waals surface area contributed by atoms with E-state index in [-0.39, 0.29) is 17.6 Å². The van der Waals surface area contributed by atoms with Crippen molar-refractivity contribution in [1.29, 1.82) is 0 Å². The highest BCUT2D eigenvalue weighted by Crippen LogP contribution is 2.33. The molecule has 4 rings (SSSR count). The van der Waals surface area contributed by atoms with E-state index in [1.54, 1.807) is 26.2 Å². The quantitative estimate of drug-likeness (QED) is 0.580. The third-order valence-electron chi connectivity index (χ3n) is 5.86. The fourth-order valence-corrected chi connectivity index (χ4v) is 5.39. The van der Waals surface area contributed by atoms with Crippen molar-refractivity contribution >= 4 is 15.9 Å². The third-order valence-corrected chi connectivity index (χ3v) is 7.75. The Morgan fingerprint density at radius 3 is 2.58 bits per heavy atom. The Kier molecular flexibility index (Phi) is 7.18. The maximum atomic E-state index is 13.3. The second-order valence-corrected chi connectivity index (χ2v) is 10.0. The van der Waals surface area contributed by atoms with E-state index in [0.29, 0.717) is 51.4 Å². The molecule has 2 heterocycles. The largest absolute Gasteiger partial charge is 0.454 e. The number of carbonyl (C=O) groups is 1. The number of nitrogens with zero attached hydrogens (tertiary/aromatic N) is 2. The first-order valence-corrected chi connectivity index (χ1v) is 12.3. The second-order valence-electron chi connectivity index (χ2n) is 8.09. The van der Waals surface area contributed by atoms with Gasteiger partial charge in [0.2, 0.25) is 16.8 Å². The van der Waals surface area contributed by atoms with Crippen LogP contribution in [0.2, 0.25) is 0 Å². The van der Waals surface area contributed by atoms with Gasteiger partial charge in [0, 0.05) is 51.9 Å². The number of benzene rings is 2. The molecule has 0 aliphatic carbocycles. The molecule has 0 bridgehead atoms. The third kappa shape index (κ3) is 5.30. The van der Waals surface area contributed by atoms with Crippen LogP contribution in [-0.2, 0) is 21.3 Å². The van der Waals surface area contributed by atoms with E-state index in [1.807, 2.05) is 18.2 Å². The lowest BCUT2D eigenvalue weighted by atomic mass is 10.1. The molecular weight excluding hydrogens is 446 g/mol. The minimum absolute atomic E-state index is 0.134. The fraction of sp³-hybridized carbons (Fsp3) is 0.435. The van der Waals surface area contributed by atoms with Crippen molar-refractivity contribution in [1.82, 2.24) is 14.5 Å². The molecule has 0 spiro atoms. The first-order chi connectivity index (χ1) is 15.9. The number of hydrogen-bond donors (Lipinski definition) is 1. The van der Waals surface area contributed by atoms with Gasteiger partial charge in [-0.05, 0) is 42.3 Å². The molecule has 178 valence electrons. The standard InChI is InChI=1S/C23H29N3O6S/c1-17-3-5-19(14-20(17)23(27)24-7-12-30-2)33(28,29)26-10-8-25(9-11-26)15-18-4-6-21-22(13-18)32-16-31-21/h3-6,13-14H,7-12,15-16H2,1-2H3,(H,24,27). The molecule has 2 aromatic carbocycles. The average Bonchev–Trinajstić information content (AvgIpc) is 3.27. The molecule has 33 heavy (non-hydrogen) atoms. The van der Waals surface area contributed by atoms with Crippen molar-refractivity contribution in [2.45, 2.75) is 18.4 Å². The summed E-state index contributed by atoms with van der Waals surface area (Å²) in [5.74, 6) is 1.18. The second kappa shape index (κ2) is 10.1. The Morgan fingerprint density at radius 1 is 1.06 bits per heavy atom. The number of ether oxygens (including phenoxy) is 3. The van der Waals surface area contributed by atoms with Crippen LogP contribution in [0.25, 0.3) is 0 Å². The van der Waals surface area contributed by atoms with Crippen LogP contribution in [0.15, 0.2) is 41.3 Å². The molecule has 1 N–H and O–H groups in total. The van der Waals surface area contributed by atoms with Gasteiger partial charge >= 0.3 is 0 Å². The smallest absolute Gasteiger partial charge is 0.251 e. The number of methoxy groups -OCH3 is 1. The number of hydrogen-bond acceptors (Lipinski definition) is 7. The van der Waals surface area contributed by atoms with Gasteiger partial charge in [0.15, 0.2) is 11.5 Å². The van der Waals surface area contributed by atoms with Gasteiger partial charge in [0.1, 0.15) is 0 Å². The normalized spacial score (nSPS) is 16.7. The summed E-state index contributed by atoms with van der Waals surface area (Å²) in [6.45, 7) is 5.48. The van der Waals surface area contributed by atoms with Crippen LogP contribution in [0, 0.1) is 6.92 Å². The molecular formula is C23H29N3O6S. The van der Waals surface area contributed by atoms with E-state index >= 15 is 0 Å². The van der Waals surface area contributed by atoms with E-state index in [2.05, 4.69) is 10.2 Å². The molecule has 10 heteroatoms. The van der Waals surface area contributed by atoms with Crippen LogP contribution >= 0.6 is 0 Å². The molecule has 1 saturated heterocycles. The van der Waals surface area contributed by atoms with Crippen molar-refractivity contribution in [3.05, 3.63) is 53.1 Å². The molecule has 1 fully saturated rings. The lowest BCUT2D eigenvalue weighted by molar-refractivity contribution is 0.0936. The van der Waals surface area contributed by atoms with Gasteiger partial charge in [0.05, 0.1) is 11.5 Å². The molecule has 1 amide bonds. The highest BCUT2D eigenvalue weighted by Gasteiger charge is 2.29. The predicted molar refractivity (Wildman–Crippen MR) is 122 cm³/mol. The number of nitrogens with one attached hydrogen (secondary N) is 1. The predicted octanol–water partition coefficient (Wildman–Crippen LogP) is 1.61. The van der Waals surface area contributed by atoms with Crippen molar-refractivity contribution in [3.8, 4) is 11.5 Å². The number of carbonyl (C=O) groups excluding carboxylic acids is 1. The van der Waals surface area contributed by atoms with Crippen molar-refractivity contribution < 1.29 is 27.4 Å². The maximum Gasteiger partial charge on any atom is 0.251 e. The Hall–Kier alpha value is -2.66. The first-order valence-electron chi connectivity index (χ1n) is 10.9. The van der Waals surface area contributed by atoms with Crippen LogP contribution in [-0.4, -0.2) is 76.8 Å². The zero-order valence-corrected chi connectivity index (χ0v) is 19.7. The molecule has 0 radical (unpaired) electrons. The summed E-state index contributed by atoms with van der Waals surface area (Å²) >= 11 is 0. The first kappa shape index (κ1) is 23.5. The Labute approximate surface area is 194 Å². The van der Waals surface area contributed by atoms with Crippen LogP contribution < -0.4 is 14.8 Å². The summed E-state index contributed by atoms with van der Waals surface area (Å²) in [4.78, 5) is 14.8. The zero-order chi connectivity index (χ0) is 23.4. The van der Waals surface area contributed by atoms with Crippen LogP contribution in [0.1, 0.15) is 21.5 Å². The maximum absolute atomic E-state index is 13.3. The number of sulfonamides is 1. The minimum atomic E-state index is -3.70. The summed E-state index contributed by atoms with van der Waals surface area (Å²) in [5, 5.41) is 2.75. The van der Waals surface area contributed by atoms with Gasteiger partial charge in [-0.2, -0.15) is 4.31 Å². The van der Waals surface area contributed by atoms with Crippen molar-refractivity contribution in [3.63, 3.8) is 0 Å². The van der Waals surface area contributed by atoms with Gasteiger partial charge in [0.25, 0.3) is 5.91 Å². The summed E-state index contributed by atoms with van der Waals surface area (Å²) in [7, 11) is -2.14. The molecule has 2 aliphatic heterocycles. The van der Waals surface area contributed by atoms with Crippen LogP contribution in [0.3, 0.4) is 0 Å².